The molecular weight excluding hydrogens is 234 g/mol. The lowest BCUT2D eigenvalue weighted by atomic mass is 10.0. The van der Waals surface area contributed by atoms with Crippen molar-refractivity contribution in [2.45, 2.75) is 19.4 Å². The van der Waals surface area contributed by atoms with Crippen molar-refractivity contribution < 1.29 is 0 Å². The van der Waals surface area contributed by atoms with Crippen molar-refractivity contribution in [2.75, 3.05) is 0 Å². The highest BCUT2D eigenvalue weighted by molar-refractivity contribution is 6.30. The lowest BCUT2D eigenvalue weighted by Crippen LogP contribution is -2.14. The number of nitrogens with zero attached hydrogens (tertiary/aromatic N) is 2. The number of hydrogen-bond acceptors (Lipinski definition) is 2. The summed E-state index contributed by atoms with van der Waals surface area (Å²) >= 11 is 5.84. The smallest absolute Gasteiger partial charge is 0.0797 e. The van der Waals surface area contributed by atoms with E-state index < -0.39 is 0 Å². The molecule has 0 radical (unpaired) electrons. The lowest BCUT2D eigenvalue weighted by Gasteiger charge is -2.08. The molecule has 0 aliphatic heterocycles. The number of benzene rings is 1. The zero-order valence-electron chi connectivity index (χ0n) is 10.0. The van der Waals surface area contributed by atoms with Gasteiger partial charge in [0, 0.05) is 17.8 Å². The molecule has 2 aromatic rings. The molecule has 0 saturated heterocycles. The fourth-order valence-electron chi connectivity index (χ4n) is 1.75. The number of hydrogen-bond donors (Lipinski definition) is 1. The number of aryl methyl sites for hydroxylation is 2. The summed E-state index contributed by atoms with van der Waals surface area (Å²) in [7, 11) is 1.92. The molecule has 0 saturated carbocycles. The maximum atomic E-state index is 6.14. The minimum Gasteiger partial charge on any atom is -0.322 e. The van der Waals surface area contributed by atoms with Gasteiger partial charge in [0.05, 0.1) is 11.7 Å². The fraction of sp³-hybridized carbons (Fsp3) is 0.308. The highest BCUT2D eigenvalue weighted by Gasteiger charge is 2.11. The standard InChI is InChI=1S/C13H16ClN3/c1-9-7-13(16-17(9)2)12(15)8-10-3-5-11(14)6-4-10/h3-7,12H,8,15H2,1-2H3. The van der Waals surface area contributed by atoms with Crippen LogP contribution in [0.15, 0.2) is 30.3 Å². The molecule has 0 spiro atoms. The molecule has 1 unspecified atom stereocenters. The van der Waals surface area contributed by atoms with E-state index in [1.54, 1.807) is 0 Å². The number of rotatable bonds is 3. The van der Waals surface area contributed by atoms with E-state index in [0.29, 0.717) is 0 Å². The van der Waals surface area contributed by atoms with Crippen LogP contribution in [-0.2, 0) is 13.5 Å². The Morgan fingerprint density at radius 3 is 2.53 bits per heavy atom. The summed E-state index contributed by atoms with van der Waals surface area (Å²) in [5.41, 5.74) is 9.36. The summed E-state index contributed by atoms with van der Waals surface area (Å²) in [6.45, 7) is 2.02. The Balaban J connectivity index is 2.11. The third kappa shape index (κ3) is 2.87. The average molecular weight is 250 g/mol. The minimum absolute atomic E-state index is 0.0731. The summed E-state index contributed by atoms with van der Waals surface area (Å²) in [4.78, 5) is 0. The molecule has 0 fully saturated rings. The molecule has 0 aliphatic carbocycles. The molecule has 17 heavy (non-hydrogen) atoms. The quantitative estimate of drug-likeness (QED) is 0.909. The predicted octanol–water partition coefficient (Wildman–Crippen LogP) is 2.62. The Labute approximate surface area is 106 Å². The molecule has 0 amide bonds. The van der Waals surface area contributed by atoms with E-state index in [1.165, 1.54) is 5.56 Å². The van der Waals surface area contributed by atoms with Crippen molar-refractivity contribution in [2.24, 2.45) is 12.8 Å². The van der Waals surface area contributed by atoms with E-state index >= 15 is 0 Å². The van der Waals surface area contributed by atoms with Gasteiger partial charge in [0.15, 0.2) is 0 Å². The van der Waals surface area contributed by atoms with Gasteiger partial charge in [0.2, 0.25) is 0 Å². The monoisotopic (exact) mass is 249 g/mol. The molecule has 3 nitrogen and oxygen atoms in total. The van der Waals surface area contributed by atoms with Gasteiger partial charge in [-0.3, -0.25) is 4.68 Å². The highest BCUT2D eigenvalue weighted by atomic mass is 35.5. The van der Waals surface area contributed by atoms with Gasteiger partial charge in [0.25, 0.3) is 0 Å². The topological polar surface area (TPSA) is 43.8 Å². The molecule has 90 valence electrons. The van der Waals surface area contributed by atoms with E-state index in [0.717, 1.165) is 22.8 Å². The zero-order valence-corrected chi connectivity index (χ0v) is 10.8. The van der Waals surface area contributed by atoms with E-state index in [1.807, 2.05) is 49.0 Å². The van der Waals surface area contributed by atoms with E-state index in [-0.39, 0.29) is 6.04 Å². The third-order valence-electron chi connectivity index (χ3n) is 2.88. The van der Waals surface area contributed by atoms with Crippen molar-refractivity contribution in [1.29, 1.82) is 0 Å². The van der Waals surface area contributed by atoms with Crippen LogP contribution < -0.4 is 5.73 Å². The van der Waals surface area contributed by atoms with Crippen molar-refractivity contribution in [3.05, 3.63) is 52.3 Å². The van der Waals surface area contributed by atoms with Crippen LogP contribution in [-0.4, -0.2) is 9.78 Å². The molecular formula is C13H16ClN3. The number of nitrogens with two attached hydrogens (primary N) is 1. The van der Waals surface area contributed by atoms with Gasteiger partial charge in [0.1, 0.15) is 0 Å². The van der Waals surface area contributed by atoms with Crippen LogP contribution in [0, 0.1) is 6.92 Å². The maximum absolute atomic E-state index is 6.14. The van der Waals surface area contributed by atoms with Gasteiger partial charge in [-0.1, -0.05) is 23.7 Å². The zero-order chi connectivity index (χ0) is 12.4. The molecule has 0 aliphatic rings. The first-order valence-corrected chi connectivity index (χ1v) is 5.94. The Hall–Kier alpha value is -1.32. The predicted molar refractivity (Wildman–Crippen MR) is 70.0 cm³/mol. The van der Waals surface area contributed by atoms with Gasteiger partial charge in [-0.15, -0.1) is 0 Å². The van der Waals surface area contributed by atoms with E-state index in [4.69, 9.17) is 17.3 Å². The molecule has 1 aromatic carbocycles. The molecule has 4 heteroatoms. The second-order valence-corrected chi connectivity index (χ2v) is 4.71. The van der Waals surface area contributed by atoms with Crippen LogP contribution >= 0.6 is 11.6 Å². The molecule has 2 N–H and O–H groups in total. The highest BCUT2D eigenvalue weighted by Crippen LogP contribution is 2.17. The minimum atomic E-state index is -0.0731. The molecule has 1 aromatic heterocycles. The SMILES string of the molecule is Cc1cc(C(N)Cc2ccc(Cl)cc2)nn1C. The van der Waals surface area contributed by atoms with Crippen LogP contribution in [0.5, 0.6) is 0 Å². The Morgan fingerprint density at radius 1 is 1.35 bits per heavy atom. The first kappa shape index (κ1) is 12.1. The summed E-state index contributed by atoms with van der Waals surface area (Å²) in [6, 6.07) is 9.72. The van der Waals surface area contributed by atoms with Crippen LogP contribution in [0.1, 0.15) is 23.0 Å². The van der Waals surface area contributed by atoms with Crippen LogP contribution in [0.4, 0.5) is 0 Å². The number of aromatic nitrogens is 2. The first-order valence-electron chi connectivity index (χ1n) is 5.57. The fourth-order valence-corrected chi connectivity index (χ4v) is 1.87. The van der Waals surface area contributed by atoms with Gasteiger partial charge < -0.3 is 5.73 Å². The van der Waals surface area contributed by atoms with Crippen LogP contribution in [0.2, 0.25) is 5.02 Å². The number of halogens is 1. The van der Waals surface area contributed by atoms with E-state index in [2.05, 4.69) is 5.10 Å². The second kappa shape index (κ2) is 4.90. The largest absolute Gasteiger partial charge is 0.322 e. The van der Waals surface area contributed by atoms with Gasteiger partial charge in [-0.25, -0.2) is 0 Å². The van der Waals surface area contributed by atoms with Crippen molar-refractivity contribution >= 4 is 11.6 Å². The Morgan fingerprint density at radius 2 is 2.00 bits per heavy atom. The normalized spacial score (nSPS) is 12.7. The summed E-state index contributed by atoms with van der Waals surface area (Å²) < 4.78 is 1.84. The Kier molecular flexibility index (Phi) is 3.50. The maximum Gasteiger partial charge on any atom is 0.0797 e. The molecule has 2 rings (SSSR count). The van der Waals surface area contributed by atoms with Crippen molar-refractivity contribution in [1.82, 2.24) is 9.78 Å². The van der Waals surface area contributed by atoms with Crippen molar-refractivity contribution in [3.63, 3.8) is 0 Å². The van der Waals surface area contributed by atoms with Crippen molar-refractivity contribution in [3.8, 4) is 0 Å². The summed E-state index contributed by atoms with van der Waals surface area (Å²) in [5, 5.41) is 5.14. The third-order valence-corrected chi connectivity index (χ3v) is 3.13. The molecule has 1 atom stereocenters. The summed E-state index contributed by atoms with van der Waals surface area (Å²) in [6.07, 6.45) is 0.771. The second-order valence-electron chi connectivity index (χ2n) is 4.27. The van der Waals surface area contributed by atoms with E-state index in [9.17, 15) is 0 Å². The lowest BCUT2D eigenvalue weighted by molar-refractivity contribution is 0.652. The molecule has 0 bridgehead atoms. The van der Waals surface area contributed by atoms with Gasteiger partial charge in [-0.2, -0.15) is 5.10 Å². The average Bonchev–Trinajstić information content (AvgIpc) is 2.63. The van der Waals surface area contributed by atoms with Crippen LogP contribution in [0.25, 0.3) is 0 Å². The van der Waals surface area contributed by atoms with Gasteiger partial charge in [-0.05, 0) is 37.1 Å². The van der Waals surface area contributed by atoms with Crippen LogP contribution in [0.3, 0.4) is 0 Å². The first-order chi connectivity index (χ1) is 8.06. The summed E-state index contributed by atoms with van der Waals surface area (Å²) in [5.74, 6) is 0. The Bertz CT molecular complexity index is 482. The van der Waals surface area contributed by atoms with Gasteiger partial charge >= 0.3 is 0 Å². The molecule has 1 heterocycles.